The summed E-state index contributed by atoms with van der Waals surface area (Å²) in [5.74, 6) is 0.0112. The zero-order valence-electron chi connectivity index (χ0n) is 11.9. The van der Waals surface area contributed by atoms with E-state index in [4.69, 9.17) is 0 Å². The van der Waals surface area contributed by atoms with Crippen molar-refractivity contribution in [1.82, 2.24) is 9.47 Å². The molecule has 1 fully saturated rings. The van der Waals surface area contributed by atoms with Crippen LogP contribution < -0.4 is 10.9 Å². The third kappa shape index (κ3) is 3.30. The van der Waals surface area contributed by atoms with Gasteiger partial charge in [-0.3, -0.25) is 14.5 Å². The number of anilines is 1. The molecule has 1 aromatic heterocycles. The minimum atomic E-state index is -0.115. The molecule has 6 heteroatoms. The maximum absolute atomic E-state index is 12.4. The van der Waals surface area contributed by atoms with Crippen LogP contribution in [0.3, 0.4) is 0 Å². The van der Waals surface area contributed by atoms with Crippen molar-refractivity contribution in [1.29, 1.82) is 0 Å². The van der Waals surface area contributed by atoms with Crippen LogP contribution in [0.4, 0.5) is 5.69 Å². The van der Waals surface area contributed by atoms with Gasteiger partial charge in [-0.25, -0.2) is 0 Å². The van der Waals surface area contributed by atoms with Gasteiger partial charge in [0.25, 0.3) is 5.56 Å². The molecule has 1 N–H and O–H groups in total. The molecule has 110 valence electrons. The number of nitrogens with one attached hydrogen (secondary N) is 1. The minimum Gasteiger partial charge on any atom is -0.323 e. The van der Waals surface area contributed by atoms with E-state index in [9.17, 15) is 9.59 Å². The van der Waals surface area contributed by atoms with Crippen molar-refractivity contribution >= 4 is 27.5 Å². The average molecular weight is 342 g/mol. The molecule has 1 aliphatic heterocycles. The van der Waals surface area contributed by atoms with Crippen LogP contribution in [0.15, 0.2) is 21.5 Å². The van der Waals surface area contributed by atoms with Gasteiger partial charge in [0.2, 0.25) is 5.91 Å². The number of pyridine rings is 1. The highest BCUT2D eigenvalue weighted by Crippen LogP contribution is 2.19. The van der Waals surface area contributed by atoms with Crippen LogP contribution in [-0.2, 0) is 11.8 Å². The molecular formula is C14H20BrN3O2. The lowest BCUT2D eigenvalue weighted by Gasteiger charge is -2.33. The summed E-state index contributed by atoms with van der Waals surface area (Å²) in [4.78, 5) is 26.2. The number of carbonyl (C=O) groups is 1. The molecule has 1 atom stereocenters. The number of rotatable bonds is 3. The summed E-state index contributed by atoms with van der Waals surface area (Å²) in [6, 6.07) is 1.59. The topological polar surface area (TPSA) is 54.3 Å². The van der Waals surface area contributed by atoms with Gasteiger partial charge in [-0.2, -0.15) is 0 Å². The van der Waals surface area contributed by atoms with E-state index in [1.165, 1.54) is 4.57 Å². The van der Waals surface area contributed by atoms with Crippen molar-refractivity contribution in [2.45, 2.75) is 32.2 Å². The lowest BCUT2D eigenvalue weighted by molar-refractivity contribution is -0.122. The summed E-state index contributed by atoms with van der Waals surface area (Å²) in [5.41, 5.74) is 0.529. The third-order valence-electron chi connectivity index (χ3n) is 3.73. The molecule has 1 aliphatic rings. The lowest BCUT2D eigenvalue weighted by atomic mass is 10.0. The highest BCUT2D eigenvalue weighted by Gasteiger charge is 2.27. The van der Waals surface area contributed by atoms with Gasteiger partial charge < -0.3 is 9.88 Å². The first-order chi connectivity index (χ1) is 9.52. The molecule has 0 aliphatic carbocycles. The number of hydrogen-bond donors (Lipinski definition) is 1. The Kier molecular flexibility index (Phi) is 4.99. The second-order valence-corrected chi connectivity index (χ2v) is 5.98. The minimum absolute atomic E-state index is 0.0112. The normalized spacial score (nSPS) is 19.9. The summed E-state index contributed by atoms with van der Waals surface area (Å²) < 4.78 is 1.91. The Morgan fingerprint density at radius 3 is 2.90 bits per heavy atom. The zero-order chi connectivity index (χ0) is 14.7. The highest BCUT2D eigenvalue weighted by molar-refractivity contribution is 9.10. The summed E-state index contributed by atoms with van der Waals surface area (Å²) >= 11 is 3.21. The monoisotopic (exact) mass is 341 g/mol. The molecule has 0 bridgehead atoms. The molecule has 0 aromatic carbocycles. The van der Waals surface area contributed by atoms with Crippen molar-refractivity contribution in [2.24, 2.45) is 7.05 Å². The number of halogens is 1. The van der Waals surface area contributed by atoms with E-state index in [0.29, 0.717) is 10.2 Å². The number of aromatic nitrogens is 1. The fraction of sp³-hybridized carbons (Fsp3) is 0.571. The van der Waals surface area contributed by atoms with Crippen LogP contribution in [0.25, 0.3) is 0 Å². The van der Waals surface area contributed by atoms with Crippen LogP contribution in [0, 0.1) is 0 Å². The van der Waals surface area contributed by atoms with Crippen molar-refractivity contribution in [3.8, 4) is 0 Å². The fourth-order valence-electron chi connectivity index (χ4n) is 2.63. The van der Waals surface area contributed by atoms with Gasteiger partial charge in [0, 0.05) is 13.2 Å². The fourth-order valence-corrected chi connectivity index (χ4v) is 3.16. The molecule has 2 rings (SSSR count). The Hall–Kier alpha value is -1.14. The zero-order valence-corrected chi connectivity index (χ0v) is 13.4. The summed E-state index contributed by atoms with van der Waals surface area (Å²) in [6.07, 6.45) is 4.78. The van der Waals surface area contributed by atoms with Crippen molar-refractivity contribution in [2.75, 3.05) is 18.4 Å². The first-order valence-electron chi connectivity index (χ1n) is 6.94. The van der Waals surface area contributed by atoms with Crippen LogP contribution in [0.5, 0.6) is 0 Å². The summed E-state index contributed by atoms with van der Waals surface area (Å²) in [5, 5.41) is 2.91. The Morgan fingerprint density at radius 1 is 1.50 bits per heavy atom. The summed E-state index contributed by atoms with van der Waals surface area (Å²) in [7, 11) is 1.67. The summed E-state index contributed by atoms with van der Waals surface area (Å²) in [6.45, 7) is 3.94. The molecular weight excluding hydrogens is 322 g/mol. The van der Waals surface area contributed by atoms with Crippen LogP contribution in [0.2, 0.25) is 0 Å². The Bertz CT molecular complexity index is 530. The van der Waals surface area contributed by atoms with E-state index in [2.05, 4.69) is 33.1 Å². The van der Waals surface area contributed by atoms with Gasteiger partial charge in [0.1, 0.15) is 0 Å². The van der Waals surface area contributed by atoms with Crippen molar-refractivity contribution < 1.29 is 4.79 Å². The number of hydrogen-bond acceptors (Lipinski definition) is 3. The molecule has 1 amide bonds. The van der Waals surface area contributed by atoms with Gasteiger partial charge >= 0.3 is 0 Å². The molecule has 1 aromatic rings. The molecule has 20 heavy (non-hydrogen) atoms. The molecule has 0 radical (unpaired) electrons. The SMILES string of the molecule is CCN1CCCC[C@H]1C(=O)Nc1cc(Br)c(=O)n(C)c1. The molecule has 0 saturated carbocycles. The number of carbonyl (C=O) groups excluding carboxylic acids is 1. The number of aryl methyl sites for hydroxylation is 1. The van der Waals surface area contributed by atoms with Gasteiger partial charge in [-0.1, -0.05) is 13.3 Å². The Morgan fingerprint density at radius 2 is 2.25 bits per heavy atom. The Balaban J connectivity index is 2.13. The second-order valence-electron chi connectivity index (χ2n) is 5.12. The number of likely N-dealkylation sites (tertiary alicyclic amines) is 1. The van der Waals surface area contributed by atoms with Crippen LogP contribution in [0.1, 0.15) is 26.2 Å². The van der Waals surface area contributed by atoms with Gasteiger partial charge in [-0.15, -0.1) is 0 Å². The van der Waals surface area contributed by atoms with E-state index in [1.54, 1.807) is 19.3 Å². The predicted octanol–water partition coefficient (Wildman–Crippen LogP) is 1.96. The molecule has 0 spiro atoms. The van der Waals surface area contributed by atoms with E-state index in [-0.39, 0.29) is 17.5 Å². The average Bonchev–Trinajstić information content (AvgIpc) is 2.44. The maximum atomic E-state index is 12.4. The largest absolute Gasteiger partial charge is 0.323 e. The van der Waals surface area contributed by atoms with Crippen LogP contribution >= 0.6 is 15.9 Å². The molecule has 0 unspecified atom stereocenters. The molecule has 1 saturated heterocycles. The number of piperidine rings is 1. The van der Waals surface area contributed by atoms with E-state index < -0.39 is 0 Å². The maximum Gasteiger partial charge on any atom is 0.264 e. The first-order valence-corrected chi connectivity index (χ1v) is 7.73. The van der Waals surface area contributed by atoms with Crippen molar-refractivity contribution in [3.63, 3.8) is 0 Å². The lowest BCUT2D eigenvalue weighted by Crippen LogP contribution is -2.46. The highest BCUT2D eigenvalue weighted by atomic mass is 79.9. The smallest absolute Gasteiger partial charge is 0.264 e. The van der Waals surface area contributed by atoms with Gasteiger partial charge in [0.15, 0.2) is 0 Å². The number of amides is 1. The van der Waals surface area contributed by atoms with E-state index >= 15 is 0 Å². The number of nitrogens with zero attached hydrogens (tertiary/aromatic N) is 2. The predicted molar refractivity (Wildman–Crippen MR) is 82.9 cm³/mol. The van der Waals surface area contributed by atoms with Crippen LogP contribution in [-0.4, -0.2) is 34.5 Å². The number of likely N-dealkylation sites (N-methyl/N-ethyl adjacent to an activating group) is 1. The van der Waals surface area contributed by atoms with Gasteiger partial charge in [-0.05, 0) is 47.9 Å². The van der Waals surface area contributed by atoms with Gasteiger partial charge in [0.05, 0.1) is 16.2 Å². The van der Waals surface area contributed by atoms with Crippen molar-refractivity contribution in [3.05, 3.63) is 27.1 Å². The molecule has 2 heterocycles. The Labute approximate surface area is 127 Å². The van der Waals surface area contributed by atoms with E-state index in [0.717, 1.165) is 32.4 Å². The first kappa shape index (κ1) is 15.3. The second kappa shape index (κ2) is 6.54. The quantitative estimate of drug-likeness (QED) is 0.914. The van der Waals surface area contributed by atoms with E-state index in [1.807, 2.05) is 0 Å². The molecule has 5 nitrogen and oxygen atoms in total. The standard InChI is InChI=1S/C14H20BrN3O2/c1-3-18-7-5-4-6-12(18)13(19)16-10-8-11(15)14(20)17(2)9-10/h8-9,12H,3-7H2,1-2H3,(H,16,19)/t12-/m0/s1. The third-order valence-corrected chi connectivity index (χ3v) is 4.30.